The van der Waals surface area contributed by atoms with Gasteiger partial charge in [-0.25, -0.2) is 9.97 Å². The highest BCUT2D eigenvalue weighted by molar-refractivity contribution is 9.10. The second kappa shape index (κ2) is 4.63. The van der Waals surface area contributed by atoms with E-state index in [0.717, 1.165) is 20.2 Å². The third-order valence-corrected chi connectivity index (χ3v) is 3.00. The largest absolute Gasteiger partial charge is 0.399 e. The molecule has 0 unspecified atom stereocenters. The molecule has 2 aromatic rings. The number of halogens is 1. The van der Waals surface area contributed by atoms with Crippen LogP contribution in [0.2, 0.25) is 0 Å². The molecule has 0 aliphatic heterocycles. The number of rotatable bonds is 2. The second-order valence-corrected chi connectivity index (χ2v) is 4.81. The highest BCUT2D eigenvalue weighted by Crippen LogP contribution is 2.25. The number of benzene rings is 1. The Morgan fingerprint density at radius 3 is 2.27 bits per heavy atom. The van der Waals surface area contributed by atoms with Crippen LogP contribution in [0, 0.1) is 0 Å². The second-order valence-electron chi connectivity index (χ2n) is 2.85. The van der Waals surface area contributed by atoms with Gasteiger partial charge in [-0.2, -0.15) is 0 Å². The van der Waals surface area contributed by atoms with E-state index in [1.807, 2.05) is 24.3 Å². The van der Waals surface area contributed by atoms with E-state index < -0.39 is 0 Å². The molecule has 0 atom stereocenters. The van der Waals surface area contributed by atoms with Crippen LogP contribution in [-0.2, 0) is 0 Å². The Morgan fingerprint density at radius 1 is 1.07 bits per heavy atom. The zero-order chi connectivity index (χ0) is 10.7. The molecule has 0 spiro atoms. The zero-order valence-corrected chi connectivity index (χ0v) is 10.1. The Kier molecular flexibility index (Phi) is 3.23. The number of anilines is 1. The number of hydrogen-bond donors (Lipinski definition) is 1. The van der Waals surface area contributed by atoms with Crippen LogP contribution < -0.4 is 5.73 Å². The summed E-state index contributed by atoms with van der Waals surface area (Å²) in [5, 5.41) is 0.725. The fourth-order valence-corrected chi connectivity index (χ4v) is 1.89. The van der Waals surface area contributed by atoms with Crippen molar-refractivity contribution in [3.8, 4) is 0 Å². The predicted molar refractivity (Wildman–Crippen MR) is 64.7 cm³/mol. The number of nitrogens with two attached hydrogens (primary N) is 1. The van der Waals surface area contributed by atoms with E-state index >= 15 is 0 Å². The molecule has 1 aromatic heterocycles. The molecule has 0 aliphatic rings. The van der Waals surface area contributed by atoms with E-state index in [1.54, 1.807) is 12.4 Å². The molecule has 5 heteroatoms. The van der Waals surface area contributed by atoms with Crippen molar-refractivity contribution in [2.75, 3.05) is 5.73 Å². The Labute approximate surface area is 100 Å². The number of nitrogen functional groups attached to an aromatic ring is 1. The maximum atomic E-state index is 5.59. The van der Waals surface area contributed by atoms with Crippen LogP contribution in [0.15, 0.2) is 51.2 Å². The maximum Gasteiger partial charge on any atom is 0.192 e. The molecule has 0 fully saturated rings. The molecule has 0 saturated carbocycles. The lowest BCUT2D eigenvalue weighted by Crippen LogP contribution is -1.86. The van der Waals surface area contributed by atoms with Crippen LogP contribution in [0.5, 0.6) is 0 Å². The van der Waals surface area contributed by atoms with Crippen LogP contribution in [-0.4, -0.2) is 9.97 Å². The van der Waals surface area contributed by atoms with Gasteiger partial charge in [-0.1, -0.05) is 0 Å². The van der Waals surface area contributed by atoms with Crippen LogP contribution >= 0.6 is 27.7 Å². The van der Waals surface area contributed by atoms with Crippen LogP contribution in [0.1, 0.15) is 0 Å². The summed E-state index contributed by atoms with van der Waals surface area (Å²) in [5.74, 6) is 0. The summed E-state index contributed by atoms with van der Waals surface area (Å²) in [6, 6.07) is 7.62. The lowest BCUT2D eigenvalue weighted by molar-refractivity contribution is 0.958. The third kappa shape index (κ3) is 2.94. The summed E-state index contributed by atoms with van der Waals surface area (Å²) in [7, 11) is 0. The molecule has 0 radical (unpaired) electrons. The Bertz CT molecular complexity index is 398. The molecule has 0 saturated heterocycles. The minimum Gasteiger partial charge on any atom is -0.399 e. The number of hydrogen-bond acceptors (Lipinski definition) is 4. The first kappa shape index (κ1) is 10.4. The zero-order valence-electron chi connectivity index (χ0n) is 7.72. The lowest BCUT2D eigenvalue weighted by Gasteiger charge is -2.00. The summed E-state index contributed by atoms with van der Waals surface area (Å²) in [6.45, 7) is 0. The van der Waals surface area contributed by atoms with Crippen LogP contribution in [0.25, 0.3) is 0 Å². The summed E-state index contributed by atoms with van der Waals surface area (Å²) in [4.78, 5) is 9.41. The topological polar surface area (TPSA) is 51.8 Å². The molecular formula is C10H8BrN3S. The van der Waals surface area contributed by atoms with Crippen molar-refractivity contribution in [3.63, 3.8) is 0 Å². The van der Waals surface area contributed by atoms with E-state index in [0.29, 0.717) is 0 Å². The molecule has 2 N–H and O–H groups in total. The first-order chi connectivity index (χ1) is 7.24. The average molecular weight is 282 g/mol. The fourth-order valence-electron chi connectivity index (χ4n) is 0.994. The molecule has 76 valence electrons. The highest BCUT2D eigenvalue weighted by atomic mass is 79.9. The smallest absolute Gasteiger partial charge is 0.192 e. The first-order valence-corrected chi connectivity index (χ1v) is 5.86. The molecule has 15 heavy (non-hydrogen) atoms. The van der Waals surface area contributed by atoms with Gasteiger partial charge in [0, 0.05) is 23.0 Å². The molecule has 2 rings (SSSR count). The molecule has 1 heterocycles. The van der Waals surface area contributed by atoms with Gasteiger partial charge in [-0.05, 0) is 52.0 Å². The SMILES string of the molecule is Nc1ccc(Sc2ncc(Br)cn2)cc1. The molecule has 1 aromatic carbocycles. The highest BCUT2D eigenvalue weighted by Gasteiger charge is 1.99. The molecular weight excluding hydrogens is 274 g/mol. The monoisotopic (exact) mass is 281 g/mol. The number of aromatic nitrogens is 2. The summed E-state index contributed by atoms with van der Waals surface area (Å²) < 4.78 is 0.879. The third-order valence-electron chi connectivity index (χ3n) is 1.69. The van der Waals surface area contributed by atoms with Crippen molar-refractivity contribution in [2.24, 2.45) is 0 Å². The molecule has 0 amide bonds. The van der Waals surface area contributed by atoms with Crippen molar-refractivity contribution in [1.29, 1.82) is 0 Å². The Balaban J connectivity index is 2.15. The minimum absolute atomic E-state index is 0.725. The normalized spacial score (nSPS) is 10.2. The minimum atomic E-state index is 0.725. The van der Waals surface area contributed by atoms with Gasteiger partial charge in [0.2, 0.25) is 0 Å². The molecule has 3 nitrogen and oxygen atoms in total. The van der Waals surface area contributed by atoms with E-state index in [9.17, 15) is 0 Å². The van der Waals surface area contributed by atoms with Gasteiger partial charge in [-0.15, -0.1) is 0 Å². The van der Waals surface area contributed by atoms with Crippen molar-refractivity contribution >= 4 is 33.4 Å². The van der Waals surface area contributed by atoms with E-state index in [4.69, 9.17) is 5.73 Å². The van der Waals surface area contributed by atoms with E-state index in [2.05, 4.69) is 25.9 Å². The Hall–Kier alpha value is -1.07. The fraction of sp³-hybridized carbons (Fsp3) is 0. The van der Waals surface area contributed by atoms with E-state index in [1.165, 1.54) is 11.8 Å². The van der Waals surface area contributed by atoms with Gasteiger partial charge >= 0.3 is 0 Å². The predicted octanol–water partition coefficient (Wildman–Crippen LogP) is 2.97. The lowest BCUT2D eigenvalue weighted by atomic mass is 10.3. The van der Waals surface area contributed by atoms with Crippen molar-refractivity contribution in [1.82, 2.24) is 9.97 Å². The average Bonchev–Trinajstić information content (AvgIpc) is 2.25. The standard InChI is InChI=1S/C10H8BrN3S/c11-7-5-13-10(14-6-7)15-9-3-1-8(12)2-4-9/h1-6H,12H2. The van der Waals surface area contributed by atoms with Crippen molar-refractivity contribution < 1.29 is 0 Å². The van der Waals surface area contributed by atoms with Gasteiger partial charge in [0.15, 0.2) is 5.16 Å². The Morgan fingerprint density at radius 2 is 1.67 bits per heavy atom. The first-order valence-electron chi connectivity index (χ1n) is 4.25. The summed E-state index contributed by atoms with van der Waals surface area (Å²) >= 11 is 4.80. The maximum absolute atomic E-state index is 5.59. The molecule has 0 aliphatic carbocycles. The van der Waals surface area contributed by atoms with Gasteiger partial charge in [-0.3, -0.25) is 0 Å². The quantitative estimate of drug-likeness (QED) is 0.679. The van der Waals surface area contributed by atoms with Gasteiger partial charge in [0.25, 0.3) is 0 Å². The van der Waals surface area contributed by atoms with Crippen molar-refractivity contribution in [3.05, 3.63) is 41.1 Å². The van der Waals surface area contributed by atoms with Crippen LogP contribution in [0.3, 0.4) is 0 Å². The van der Waals surface area contributed by atoms with Crippen molar-refractivity contribution in [2.45, 2.75) is 10.1 Å². The van der Waals surface area contributed by atoms with Gasteiger partial charge < -0.3 is 5.73 Å². The summed E-state index contributed by atoms with van der Waals surface area (Å²) in [6.07, 6.45) is 3.46. The van der Waals surface area contributed by atoms with Gasteiger partial charge in [0.05, 0.1) is 4.47 Å². The van der Waals surface area contributed by atoms with E-state index in [-0.39, 0.29) is 0 Å². The summed E-state index contributed by atoms with van der Waals surface area (Å²) in [5.41, 5.74) is 6.35. The van der Waals surface area contributed by atoms with Gasteiger partial charge in [0.1, 0.15) is 0 Å². The number of nitrogens with zero attached hydrogens (tertiary/aromatic N) is 2. The molecule has 0 bridgehead atoms. The van der Waals surface area contributed by atoms with Crippen LogP contribution in [0.4, 0.5) is 5.69 Å².